The molecule has 2 aromatic heterocycles. The van der Waals surface area contributed by atoms with Gasteiger partial charge in [0.1, 0.15) is 11.4 Å². The molecular weight excluding hydrogens is 472 g/mol. The van der Waals surface area contributed by atoms with Gasteiger partial charge >= 0.3 is 6.09 Å². The Morgan fingerprint density at radius 1 is 1.11 bits per heavy atom. The molecule has 0 saturated carbocycles. The molecule has 4 atom stereocenters. The molecule has 3 aliphatic heterocycles. The maximum Gasteiger partial charge on any atom is 0.410 e. The van der Waals surface area contributed by atoms with Crippen LogP contribution >= 0.6 is 0 Å². The number of carbonyl (C=O) groups is 1. The summed E-state index contributed by atoms with van der Waals surface area (Å²) in [6, 6.07) is 0.234. The Hall–Kier alpha value is -3.21. The smallest absolute Gasteiger partial charge is 0.410 e. The van der Waals surface area contributed by atoms with Crippen molar-refractivity contribution in [1.82, 2.24) is 24.8 Å². The molecule has 2 saturated heterocycles. The molecule has 0 radical (unpaired) electrons. The van der Waals surface area contributed by atoms with Gasteiger partial charge in [0.15, 0.2) is 0 Å². The first-order chi connectivity index (χ1) is 17.5. The van der Waals surface area contributed by atoms with Crippen molar-refractivity contribution in [2.24, 2.45) is 5.92 Å². The number of anilines is 3. The molecule has 5 rings (SSSR count). The highest BCUT2D eigenvalue weighted by Crippen LogP contribution is 2.40. The van der Waals surface area contributed by atoms with E-state index in [1.165, 1.54) is 0 Å². The fraction of sp³-hybridized carbons (Fsp3) is 0.654. The lowest BCUT2D eigenvalue weighted by molar-refractivity contribution is 0.0230. The molecular formula is C26H38N8O3. The van der Waals surface area contributed by atoms with Gasteiger partial charge in [-0.3, -0.25) is 0 Å². The second-order valence-electron chi connectivity index (χ2n) is 11.4. The fourth-order valence-electron chi connectivity index (χ4n) is 5.78. The van der Waals surface area contributed by atoms with Crippen molar-refractivity contribution in [2.45, 2.75) is 71.7 Å². The normalized spacial score (nSPS) is 25.9. The minimum atomic E-state index is -0.536. The highest BCUT2D eigenvalue weighted by Gasteiger charge is 2.46. The van der Waals surface area contributed by atoms with E-state index in [0.717, 1.165) is 42.1 Å². The third-order valence-corrected chi connectivity index (χ3v) is 7.46. The van der Waals surface area contributed by atoms with E-state index < -0.39 is 5.60 Å². The summed E-state index contributed by atoms with van der Waals surface area (Å²) < 4.78 is 11.4. The number of hydrogen-bond acceptors (Lipinski definition) is 10. The SMILES string of the molecule is C[C@H]1CN(C(=O)OC(C)(C)C)[C@@H](C)[C@H]1N1CCc2c(-c3cnc(N)nc3)nc(N3CCOC[C@@H]3C)nc21. The number of nitrogens with zero attached hydrogens (tertiary/aromatic N) is 7. The predicted octanol–water partition coefficient (Wildman–Crippen LogP) is 2.75. The van der Waals surface area contributed by atoms with E-state index in [1.54, 1.807) is 12.4 Å². The molecule has 5 heterocycles. The second kappa shape index (κ2) is 9.59. The van der Waals surface area contributed by atoms with Crippen LogP contribution in [0.15, 0.2) is 12.4 Å². The van der Waals surface area contributed by atoms with Crippen molar-refractivity contribution >= 4 is 23.8 Å². The standard InChI is InChI=1S/C26H38N8O3/c1-15-13-34(25(35)37-26(4,5)6)17(3)21(15)33-8-7-19-20(18-11-28-23(27)29-12-18)30-24(31-22(19)33)32-9-10-36-14-16(32)2/h11-12,15-17,21H,7-10,13-14H2,1-6H3,(H2,27,28,29)/t15-,16-,17-,21-/m0/s1. The minimum absolute atomic E-state index is 0.0279. The van der Waals surface area contributed by atoms with Gasteiger partial charge in [0.05, 0.1) is 37.0 Å². The first kappa shape index (κ1) is 25.4. The Balaban J connectivity index is 1.53. The quantitative estimate of drug-likeness (QED) is 0.659. The maximum absolute atomic E-state index is 13.0. The van der Waals surface area contributed by atoms with E-state index in [1.807, 2.05) is 25.7 Å². The van der Waals surface area contributed by atoms with Crippen molar-refractivity contribution in [3.8, 4) is 11.3 Å². The number of hydrogen-bond donors (Lipinski definition) is 1. The monoisotopic (exact) mass is 510 g/mol. The van der Waals surface area contributed by atoms with Gasteiger partial charge < -0.3 is 29.9 Å². The molecule has 11 nitrogen and oxygen atoms in total. The zero-order chi connectivity index (χ0) is 26.5. The van der Waals surface area contributed by atoms with Crippen LogP contribution < -0.4 is 15.5 Å². The number of nitrogens with two attached hydrogens (primary N) is 1. The lowest BCUT2D eigenvalue weighted by Gasteiger charge is -2.36. The van der Waals surface area contributed by atoms with Gasteiger partial charge in [-0.25, -0.2) is 19.7 Å². The van der Waals surface area contributed by atoms with Crippen molar-refractivity contribution in [2.75, 3.05) is 48.4 Å². The van der Waals surface area contributed by atoms with Crippen LogP contribution in [-0.2, 0) is 15.9 Å². The predicted molar refractivity (Wildman–Crippen MR) is 142 cm³/mol. The first-order valence-electron chi connectivity index (χ1n) is 13.1. The molecule has 200 valence electrons. The van der Waals surface area contributed by atoms with Crippen molar-refractivity contribution in [3.05, 3.63) is 18.0 Å². The van der Waals surface area contributed by atoms with E-state index in [2.05, 4.69) is 40.5 Å². The molecule has 3 aliphatic rings. The molecule has 2 fully saturated rings. The molecule has 0 aliphatic carbocycles. The molecule has 2 N–H and O–H groups in total. The number of ether oxygens (including phenoxy) is 2. The molecule has 0 spiro atoms. The summed E-state index contributed by atoms with van der Waals surface area (Å²) in [5.74, 6) is 2.08. The third-order valence-electron chi connectivity index (χ3n) is 7.46. The minimum Gasteiger partial charge on any atom is -0.444 e. The number of aromatic nitrogens is 4. The van der Waals surface area contributed by atoms with E-state index in [0.29, 0.717) is 25.7 Å². The Bertz CT molecular complexity index is 1150. The molecule has 11 heteroatoms. The van der Waals surface area contributed by atoms with Crippen molar-refractivity contribution in [3.63, 3.8) is 0 Å². The summed E-state index contributed by atoms with van der Waals surface area (Å²) in [6.07, 6.45) is 3.99. The van der Waals surface area contributed by atoms with Crippen LogP contribution in [0.1, 0.15) is 47.1 Å². The number of likely N-dealkylation sites (tertiary alicyclic amines) is 1. The summed E-state index contributed by atoms with van der Waals surface area (Å²) in [5, 5.41) is 0. The number of nitrogen functional groups attached to an aromatic ring is 1. The lowest BCUT2D eigenvalue weighted by Crippen LogP contribution is -2.48. The van der Waals surface area contributed by atoms with E-state index in [4.69, 9.17) is 25.2 Å². The number of carbonyl (C=O) groups excluding carboxylic acids is 1. The first-order valence-corrected chi connectivity index (χ1v) is 13.1. The Labute approximate surface area is 218 Å². The topological polar surface area (TPSA) is 123 Å². The fourth-order valence-corrected chi connectivity index (χ4v) is 5.78. The highest BCUT2D eigenvalue weighted by atomic mass is 16.6. The van der Waals surface area contributed by atoms with E-state index in [9.17, 15) is 4.79 Å². The van der Waals surface area contributed by atoms with Crippen molar-refractivity contribution < 1.29 is 14.3 Å². The van der Waals surface area contributed by atoms with Gasteiger partial charge in [-0.2, -0.15) is 4.98 Å². The van der Waals surface area contributed by atoms with Crippen LogP contribution in [0.25, 0.3) is 11.3 Å². The average molecular weight is 511 g/mol. The van der Waals surface area contributed by atoms with E-state index in [-0.39, 0.29) is 36.1 Å². The van der Waals surface area contributed by atoms with Crippen LogP contribution in [-0.4, -0.2) is 87.5 Å². The van der Waals surface area contributed by atoms with Gasteiger partial charge in [0.2, 0.25) is 11.9 Å². The number of fused-ring (bicyclic) bond motifs is 1. The van der Waals surface area contributed by atoms with Crippen molar-refractivity contribution in [1.29, 1.82) is 0 Å². The van der Waals surface area contributed by atoms with Gasteiger partial charge in [-0.1, -0.05) is 6.92 Å². The van der Waals surface area contributed by atoms with E-state index >= 15 is 0 Å². The molecule has 0 bridgehead atoms. The molecule has 0 aromatic carbocycles. The van der Waals surface area contributed by atoms with Gasteiger partial charge in [0, 0.05) is 43.2 Å². The Morgan fingerprint density at radius 2 is 1.84 bits per heavy atom. The molecule has 1 amide bonds. The zero-order valence-electron chi connectivity index (χ0n) is 22.6. The lowest BCUT2D eigenvalue weighted by atomic mass is 10.00. The molecule has 37 heavy (non-hydrogen) atoms. The third kappa shape index (κ3) is 4.88. The van der Waals surface area contributed by atoms with Gasteiger partial charge in [-0.05, 0) is 47.0 Å². The van der Waals surface area contributed by atoms with Crippen LogP contribution in [0.5, 0.6) is 0 Å². The average Bonchev–Trinajstić information content (AvgIpc) is 3.38. The second-order valence-corrected chi connectivity index (χ2v) is 11.4. The molecule has 0 unspecified atom stereocenters. The zero-order valence-corrected chi connectivity index (χ0v) is 22.6. The van der Waals surface area contributed by atoms with Gasteiger partial charge in [-0.15, -0.1) is 0 Å². The van der Waals surface area contributed by atoms with Crippen LogP contribution in [0, 0.1) is 5.92 Å². The summed E-state index contributed by atoms with van der Waals surface area (Å²) in [4.78, 5) is 38.0. The Kier molecular flexibility index (Phi) is 6.59. The molecule has 2 aromatic rings. The van der Waals surface area contributed by atoms with Crippen LogP contribution in [0.3, 0.4) is 0 Å². The van der Waals surface area contributed by atoms with Crippen LogP contribution in [0.4, 0.5) is 22.5 Å². The number of morpholine rings is 1. The Morgan fingerprint density at radius 3 is 2.51 bits per heavy atom. The summed E-state index contributed by atoms with van der Waals surface area (Å²) >= 11 is 0. The summed E-state index contributed by atoms with van der Waals surface area (Å²) in [6.45, 7) is 15.6. The van der Waals surface area contributed by atoms with Crippen LogP contribution in [0.2, 0.25) is 0 Å². The number of amides is 1. The summed E-state index contributed by atoms with van der Waals surface area (Å²) in [7, 11) is 0. The number of rotatable bonds is 3. The van der Waals surface area contributed by atoms with Gasteiger partial charge in [0.25, 0.3) is 0 Å². The summed E-state index contributed by atoms with van der Waals surface area (Å²) in [5.41, 5.74) is 7.96. The largest absolute Gasteiger partial charge is 0.444 e. The maximum atomic E-state index is 13.0. The highest BCUT2D eigenvalue weighted by molar-refractivity contribution is 5.74.